The Hall–Kier alpha value is -5.77. The summed E-state index contributed by atoms with van der Waals surface area (Å²) in [5.74, 6) is 0.991. The number of aromatic nitrogens is 3. The number of carbonyl (C=O) groups is 2. The summed E-state index contributed by atoms with van der Waals surface area (Å²) < 4.78 is 5.39. The maximum atomic E-state index is 11.7. The number of rotatable bonds is 5. The Balaban J connectivity index is 0.000000157. The van der Waals surface area contributed by atoms with E-state index in [2.05, 4.69) is 40.1 Å². The van der Waals surface area contributed by atoms with Crippen molar-refractivity contribution >= 4 is 75.3 Å². The van der Waals surface area contributed by atoms with Gasteiger partial charge in [0.25, 0.3) is 11.1 Å². The number of amides is 2. The first kappa shape index (κ1) is 32.8. The number of carbonyl (C=O) groups excluding carboxylic acids is 2. The fraction of sp³-hybridized carbons (Fsp3) is 0.143. The zero-order valence-corrected chi connectivity index (χ0v) is 27.9. The molecule has 2 fully saturated rings. The molecule has 13 nitrogen and oxygen atoms in total. The Morgan fingerprint density at radius 3 is 2.58 bits per heavy atom. The van der Waals surface area contributed by atoms with Gasteiger partial charge in [0.15, 0.2) is 5.84 Å². The molecule has 0 atom stereocenters. The third kappa shape index (κ3) is 7.59. The molecular formula is C35H28N8O5S2. The van der Waals surface area contributed by atoms with Gasteiger partial charge in [0, 0.05) is 24.0 Å². The van der Waals surface area contributed by atoms with Gasteiger partial charge in [-0.05, 0) is 64.5 Å². The lowest BCUT2D eigenvalue weighted by Gasteiger charge is -2.28. The molecule has 15 heteroatoms. The molecule has 3 aliphatic heterocycles. The molecule has 3 aliphatic rings. The molecule has 2 aromatic heterocycles. The van der Waals surface area contributed by atoms with Gasteiger partial charge in [-0.1, -0.05) is 53.8 Å². The predicted octanol–water partition coefficient (Wildman–Crippen LogP) is 3.37. The molecule has 5 heterocycles. The fourth-order valence-electron chi connectivity index (χ4n) is 5.36. The Morgan fingerprint density at radius 2 is 1.82 bits per heavy atom. The van der Waals surface area contributed by atoms with Crippen molar-refractivity contribution in [3.05, 3.63) is 120 Å². The van der Waals surface area contributed by atoms with E-state index < -0.39 is 0 Å². The number of hydrogen-bond donors (Lipinski definition) is 3. The van der Waals surface area contributed by atoms with E-state index in [4.69, 9.17) is 4.74 Å². The number of benzene rings is 3. The van der Waals surface area contributed by atoms with Crippen molar-refractivity contribution in [2.45, 2.75) is 6.54 Å². The number of thioether (sulfide) groups is 1. The molecule has 8 rings (SSSR count). The van der Waals surface area contributed by atoms with Crippen molar-refractivity contribution < 1.29 is 19.4 Å². The van der Waals surface area contributed by atoms with Gasteiger partial charge >= 0.3 is 4.87 Å². The molecule has 50 heavy (non-hydrogen) atoms. The third-order valence-corrected chi connectivity index (χ3v) is 9.36. The molecule has 2 amide bonds. The maximum absolute atomic E-state index is 11.7. The topological polar surface area (TPSA) is 175 Å². The highest BCUT2D eigenvalue weighted by molar-refractivity contribution is 8.18. The van der Waals surface area contributed by atoms with Crippen LogP contribution in [0.4, 0.5) is 10.6 Å². The van der Waals surface area contributed by atoms with Crippen LogP contribution in [-0.2, 0) is 16.1 Å². The largest absolute Gasteiger partial charge is 0.493 e. The average molecular weight is 705 g/mol. The Bertz CT molecular complexity index is 2380. The first-order valence-electron chi connectivity index (χ1n) is 15.4. The lowest BCUT2D eigenvalue weighted by atomic mass is 10.1. The van der Waals surface area contributed by atoms with Crippen LogP contribution in [0.25, 0.3) is 23.1 Å². The monoisotopic (exact) mass is 704 g/mol. The van der Waals surface area contributed by atoms with Crippen LogP contribution in [0.1, 0.15) is 21.6 Å². The minimum atomic E-state index is -0.359. The molecule has 3 aromatic carbocycles. The molecule has 250 valence electrons. The van der Waals surface area contributed by atoms with E-state index in [0.29, 0.717) is 35.4 Å². The van der Waals surface area contributed by atoms with Gasteiger partial charge in [-0.2, -0.15) is 0 Å². The predicted molar refractivity (Wildman–Crippen MR) is 194 cm³/mol. The molecule has 0 radical (unpaired) electrons. The number of aromatic amines is 1. The molecule has 0 bridgehead atoms. The van der Waals surface area contributed by atoms with Gasteiger partial charge in [0.1, 0.15) is 18.5 Å². The Labute approximate surface area is 292 Å². The molecule has 2 saturated heterocycles. The molecule has 0 unspecified atom stereocenters. The van der Waals surface area contributed by atoms with Crippen molar-refractivity contribution in [2.24, 2.45) is 15.0 Å². The Morgan fingerprint density at radius 1 is 0.980 bits per heavy atom. The summed E-state index contributed by atoms with van der Waals surface area (Å²) in [6.07, 6.45) is 6.51. The highest BCUT2D eigenvalue weighted by Gasteiger charge is 2.25. The van der Waals surface area contributed by atoms with E-state index in [1.165, 1.54) is 6.34 Å². The lowest BCUT2D eigenvalue weighted by Crippen LogP contribution is -2.36. The van der Waals surface area contributed by atoms with Crippen molar-refractivity contribution in [2.75, 3.05) is 31.2 Å². The van der Waals surface area contributed by atoms with Gasteiger partial charge in [-0.15, -0.1) is 0 Å². The van der Waals surface area contributed by atoms with Crippen LogP contribution < -0.4 is 25.7 Å². The van der Waals surface area contributed by atoms with E-state index in [9.17, 15) is 19.5 Å². The highest BCUT2D eigenvalue weighted by Crippen LogP contribution is 2.29. The number of nitrogens with one attached hydrogen (secondary N) is 2. The zero-order valence-electron chi connectivity index (χ0n) is 26.3. The fourth-order valence-corrected chi connectivity index (χ4v) is 6.73. The van der Waals surface area contributed by atoms with Crippen LogP contribution in [0.2, 0.25) is 0 Å². The number of hydrogen-bond acceptors (Lipinski definition) is 12. The van der Waals surface area contributed by atoms with Gasteiger partial charge in [-0.25, -0.2) is 20.0 Å². The van der Waals surface area contributed by atoms with E-state index in [-0.39, 0.29) is 21.9 Å². The average Bonchev–Trinajstić information content (AvgIpc) is 3.64. The number of fused-ring (bicyclic) bond motifs is 2. The molecular weight excluding hydrogens is 677 g/mol. The minimum Gasteiger partial charge on any atom is -0.493 e. The summed E-state index contributed by atoms with van der Waals surface area (Å²) in [5.41, 5.74) is 3.59. The molecule has 0 aliphatic carbocycles. The van der Waals surface area contributed by atoms with Gasteiger partial charge in [0.2, 0.25) is 5.88 Å². The molecule has 5 aromatic rings. The first-order chi connectivity index (χ1) is 24.4. The van der Waals surface area contributed by atoms with Gasteiger partial charge in [0.05, 0.1) is 40.4 Å². The number of H-pyrrole nitrogens is 1. The van der Waals surface area contributed by atoms with Crippen LogP contribution in [0.3, 0.4) is 0 Å². The summed E-state index contributed by atoms with van der Waals surface area (Å²) >= 11 is 1.86. The van der Waals surface area contributed by atoms with E-state index in [1.807, 2.05) is 66.7 Å². The summed E-state index contributed by atoms with van der Waals surface area (Å²) in [7, 11) is 0. The van der Waals surface area contributed by atoms with Gasteiger partial charge in [-0.3, -0.25) is 29.7 Å². The standard InChI is InChI=1S/C19H14N4O2S.C16H14N4O3S/c24-18-16(26-19(25)23-18)9-13-6-7-15-14(8-13)17(22-11-21-15)20-10-12-4-2-1-3-5-12;21-15-13(24-16(22)19-15)8-10-1-2-12-11(7-10)14(18-9-17-12)20-3-5-23-6-4-20/h1-9,11,24H,10H2,(H,23,25);1-2,7-9H,3-6H2,(H,19,21,22). The Kier molecular flexibility index (Phi) is 9.68. The second kappa shape index (κ2) is 14.8. The number of aliphatic imine (C=N–C) groups is 2. The number of ether oxygens (including phenoxy) is 1. The zero-order chi connectivity index (χ0) is 34.5. The molecule has 0 saturated carbocycles. The molecule has 3 N–H and O–H groups in total. The van der Waals surface area contributed by atoms with E-state index in [1.54, 1.807) is 18.5 Å². The van der Waals surface area contributed by atoms with Crippen LogP contribution in [0.15, 0.2) is 97.7 Å². The number of amidine groups is 1. The van der Waals surface area contributed by atoms with Gasteiger partial charge < -0.3 is 14.7 Å². The second-order valence-electron chi connectivity index (χ2n) is 11.1. The summed E-state index contributed by atoms with van der Waals surface area (Å²) in [5, 5.41) is 14.2. The normalized spacial score (nSPS) is 17.4. The number of morpholine rings is 1. The van der Waals surface area contributed by atoms with E-state index in [0.717, 1.165) is 80.2 Å². The SMILES string of the molecule is O=C1NC(=O)C(=Cc2ccc3ncnc(N4CCOCC4)c3c2)S1.O=c1[nH]c(O)c(C=c2ccc3c(c2)C(=NCc2ccccc2)N=CN=3)s1. The number of anilines is 1. The second-order valence-corrected chi connectivity index (χ2v) is 13.1. The number of nitrogens with zero attached hydrogens (tertiary/aromatic N) is 6. The van der Waals surface area contributed by atoms with Crippen molar-refractivity contribution in [1.29, 1.82) is 0 Å². The quantitative estimate of drug-likeness (QED) is 0.232. The highest BCUT2D eigenvalue weighted by atomic mass is 32.2. The van der Waals surface area contributed by atoms with E-state index >= 15 is 0 Å². The lowest BCUT2D eigenvalue weighted by molar-refractivity contribution is -0.115. The number of imide groups is 1. The van der Waals surface area contributed by atoms with Crippen LogP contribution in [-0.4, -0.2) is 69.7 Å². The summed E-state index contributed by atoms with van der Waals surface area (Å²) in [6, 6.07) is 21.3. The summed E-state index contributed by atoms with van der Waals surface area (Å²) in [4.78, 5) is 61.3. The third-order valence-electron chi connectivity index (χ3n) is 7.74. The minimum absolute atomic E-state index is 0.126. The van der Waals surface area contributed by atoms with Crippen LogP contribution in [0.5, 0.6) is 5.88 Å². The smallest absolute Gasteiger partial charge is 0.307 e. The van der Waals surface area contributed by atoms with Crippen LogP contribution in [0, 0.1) is 0 Å². The first-order valence-corrected chi connectivity index (χ1v) is 17.1. The number of thiazole rings is 1. The van der Waals surface area contributed by atoms with Crippen molar-refractivity contribution in [1.82, 2.24) is 20.3 Å². The maximum Gasteiger partial charge on any atom is 0.307 e. The van der Waals surface area contributed by atoms with Crippen molar-refractivity contribution in [3.63, 3.8) is 0 Å². The summed E-state index contributed by atoms with van der Waals surface area (Å²) in [6.45, 7) is 3.44. The molecule has 0 spiro atoms. The number of aromatic hydroxyl groups is 1. The van der Waals surface area contributed by atoms with Crippen LogP contribution >= 0.6 is 23.1 Å². The van der Waals surface area contributed by atoms with Crippen molar-refractivity contribution in [3.8, 4) is 5.88 Å².